The van der Waals surface area contributed by atoms with Crippen LogP contribution >= 0.6 is 0 Å². The topological polar surface area (TPSA) is 72.8 Å². The molecule has 6 heteroatoms. The van der Waals surface area contributed by atoms with Gasteiger partial charge in [-0.05, 0) is 53.4 Å². The van der Waals surface area contributed by atoms with Gasteiger partial charge in [0.15, 0.2) is 0 Å². The van der Waals surface area contributed by atoms with Gasteiger partial charge in [-0.1, -0.05) is 42.5 Å². The average molecular weight is 420 g/mol. The van der Waals surface area contributed by atoms with Crippen molar-refractivity contribution in [2.75, 3.05) is 7.11 Å². The maximum Gasteiger partial charge on any atom is 0.315 e. The Balaban J connectivity index is 1.56. The number of methoxy groups -OCH3 is 1. The van der Waals surface area contributed by atoms with Gasteiger partial charge in [0.05, 0.1) is 18.9 Å². The summed E-state index contributed by atoms with van der Waals surface area (Å²) < 4.78 is 24.2. The van der Waals surface area contributed by atoms with Gasteiger partial charge in [0.1, 0.15) is 17.3 Å². The van der Waals surface area contributed by atoms with Crippen molar-refractivity contribution in [3.8, 4) is 22.6 Å². The molecular weight excluding hydrogens is 399 g/mol. The SMILES string of the molecule is COc1ccccc1[C@H]1[C@@H](C(=O)O)C[C@H]1C(=O)Oc1cccc(-c2ccc(F)cc2)c1. The first-order valence-corrected chi connectivity index (χ1v) is 9.91. The summed E-state index contributed by atoms with van der Waals surface area (Å²) in [5.41, 5.74) is 2.26. The standard InChI is InChI=1S/C25H21FO5/c1-30-22-8-3-2-7-19(22)23-20(24(27)28)14-21(23)25(29)31-18-6-4-5-16(13-18)15-9-11-17(26)12-10-15/h2-13,20-21,23H,14H2,1H3,(H,27,28)/t20-,21+,23-/m0/s1. The van der Waals surface area contributed by atoms with Crippen LogP contribution in [-0.4, -0.2) is 24.2 Å². The summed E-state index contributed by atoms with van der Waals surface area (Å²) in [6.45, 7) is 0. The largest absolute Gasteiger partial charge is 0.496 e. The third-order valence-corrected chi connectivity index (χ3v) is 5.72. The molecule has 4 rings (SSSR count). The van der Waals surface area contributed by atoms with Crippen molar-refractivity contribution in [1.29, 1.82) is 0 Å². The molecule has 0 heterocycles. The Kier molecular flexibility index (Phi) is 5.71. The van der Waals surface area contributed by atoms with Crippen LogP contribution in [0, 0.1) is 17.7 Å². The molecule has 3 atom stereocenters. The highest BCUT2D eigenvalue weighted by Gasteiger charge is 2.51. The third-order valence-electron chi connectivity index (χ3n) is 5.72. The van der Waals surface area contributed by atoms with Crippen molar-refractivity contribution in [1.82, 2.24) is 0 Å². The molecule has 1 aliphatic carbocycles. The molecule has 158 valence electrons. The zero-order valence-corrected chi connectivity index (χ0v) is 16.8. The highest BCUT2D eigenvalue weighted by atomic mass is 19.1. The molecule has 1 saturated carbocycles. The fourth-order valence-corrected chi connectivity index (χ4v) is 4.10. The van der Waals surface area contributed by atoms with Gasteiger partial charge in [-0.15, -0.1) is 0 Å². The fraction of sp³-hybridized carbons (Fsp3) is 0.200. The number of esters is 1. The van der Waals surface area contributed by atoms with Crippen LogP contribution in [-0.2, 0) is 9.59 Å². The predicted molar refractivity (Wildman–Crippen MR) is 112 cm³/mol. The summed E-state index contributed by atoms with van der Waals surface area (Å²) in [5.74, 6) is -2.65. The predicted octanol–water partition coefficient (Wildman–Crippen LogP) is 4.91. The van der Waals surface area contributed by atoms with E-state index in [0.717, 1.165) is 11.1 Å². The average Bonchev–Trinajstić information content (AvgIpc) is 2.74. The Morgan fingerprint density at radius 3 is 2.39 bits per heavy atom. The monoisotopic (exact) mass is 420 g/mol. The second-order valence-electron chi connectivity index (χ2n) is 7.51. The molecule has 5 nitrogen and oxygen atoms in total. The minimum atomic E-state index is -0.946. The number of carboxylic acid groups (broad SMARTS) is 1. The van der Waals surface area contributed by atoms with Crippen molar-refractivity contribution in [3.05, 3.63) is 84.2 Å². The maximum absolute atomic E-state index is 13.2. The van der Waals surface area contributed by atoms with E-state index in [0.29, 0.717) is 17.1 Å². The molecule has 3 aromatic rings. The summed E-state index contributed by atoms with van der Waals surface area (Å²) in [5, 5.41) is 9.58. The number of carbonyl (C=O) groups is 2. The number of carboxylic acids is 1. The second-order valence-corrected chi connectivity index (χ2v) is 7.51. The van der Waals surface area contributed by atoms with Gasteiger partial charge < -0.3 is 14.6 Å². The lowest BCUT2D eigenvalue weighted by atomic mass is 9.61. The first-order valence-electron chi connectivity index (χ1n) is 9.91. The van der Waals surface area contributed by atoms with Crippen LogP contribution in [0.15, 0.2) is 72.8 Å². The van der Waals surface area contributed by atoms with Crippen LogP contribution in [0.5, 0.6) is 11.5 Å². The van der Waals surface area contributed by atoms with E-state index in [-0.39, 0.29) is 12.2 Å². The highest BCUT2D eigenvalue weighted by molar-refractivity contribution is 5.83. The van der Waals surface area contributed by atoms with Gasteiger partial charge >= 0.3 is 11.9 Å². The minimum Gasteiger partial charge on any atom is -0.496 e. The lowest BCUT2D eigenvalue weighted by Gasteiger charge is -2.41. The molecule has 0 spiro atoms. The van der Waals surface area contributed by atoms with Crippen LogP contribution in [0.4, 0.5) is 4.39 Å². The van der Waals surface area contributed by atoms with E-state index in [1.807, 2.05) is 6.07 Å². The Morgan fingerprint density at radius 1 is 0.935 bits per heavy atom. The van der Waals surface area contributed by atoms with E-state index in [1.54, 1.807) is 54.6 Å². The Labute approximate surface area is 179 Å². The fourth-order valence-electron chi connectivity index (χ4n) is 4.10. The Morgan fingerprint density at radius 2 is 1.68 bits per heavy atom. The molecule has 0 aromatic heterocycles. The molecule has 0 radical (unpaired) electrons. The van der Waals surface area contributed by atoms with Crippen molar-refractivity contribution >= 4 is 11.9 Å². The molecule has 1 fully saturated rings. The molecule has 0 unspecified atom stereocenters. The van der Waals surface area contributed by atoms with Crippen molar-refractivity contribution in [3.63, 3.8) is 0 Å². The maximum atomic E-state index is 13.2. The van der Waals surface area contributed by atoms with Gasteiger partial charge in [0.25, 0.3) is 0 Å². The molecule has 1 aliphatic rings. The zero-order chi connectivity index (χ0) is 22.0. The first kappa shape index (κ1) is 20.6. The summed E-state index contributed by atoms with van der Waals surface area (Å²) in [7, 11) is 1.52. The molecule has 0 amide bonds. The van der Waals surface area contributed by atoms with Crippen LogP contribution < -0.4 is 9.47 Å². The summed E-state index contributed by atoms with van der Waals surface area (Å²) >= 11 is 0. The first-order chi connectivity index (χ1) is 15.0. The lowest BCUT2D eigenvalue weighted by molar-refractivity contribution is -0.155. The van der Waals surface area contributed by atoms with E-state index in [9.17, 15) is 19.1 Å². The summed E-state index contributed by atoms with van der Waals surface area (Å²) in [4.78, 5) is 24.6. The van der Waals surface area contributed by atoms with Gasteiger partial charge in [-0.2, -0.15) is 0 Å². The number of rotatable bonds is 6. The normalized spacial score (nSPS) is 19.9. The molecule has 31 heavy (non-hydrogen) atoms. The quantitative estimate of drug-likeness (QED) is 0.453. The van der Waals surface area contributed by atoms with E-state index in [1.165, 1.54) is 19.2 Å². The molecule has 1 N–H and O–H groups in total. The smallest absolute Gasteiger partial charge is 0.315 e. The van der Waals surface area contributed by atoms with Gasteiger partial charge in [-0.25, -0.2) is 4.39 Å². The van der Waals surface area contributed by atoms with Crippen LogP contribution in [0.2, 0.25) is 0 Å². The van der Waals surface area contributed by atoms with Gasteiger partial charge in [0.2, 0.25) is 0 Å². The van der Waals surface area contributed by atoms with Crippen LogP contribution in [0.1, 0.15) is 17.9 Å². The van der Waals surface area contributed by atoms with Crippen LogP contribution in [0.3, 0.4) is 0 Å². The zero-order valence-electron chi connectivity index (χ0n) is 16.8. The minimum absolute atomic E-state index is 0.203. The molecule has 0 saturated heterocycles. The van der Waals surface area contributed by atoms with Gasteiger partial charge in [0, 0.05) is 5.92 Å². The number of benzene rings is 3. The van der Waals surface area contributed by atoms with E-state index < -0.39 is 29.7 Å². The number of halogens is 1. The van der Waals surface area contributed by atoms with E-state index >= 15 is 0 Å². The summed E-state index contributed by atoms with van der Waals surface area (Å²) in [6, 6.07) is 20.1. The third kappa shape index (κ3) is 4.14. The van der Waals surface area contributed by atoms with E-state index in [4.69, 9.17) is 9.47 Å². The number of hydrogen-bond acceptors (Lipinski definition) is 4. The summed E-state index contributed by atoms with van der Waals surface area (Å²) in [6.07, 6.45) is 0.203. The number of aliphatic carboxylic acids is 1. The molecular formula is C25H21FO5. The van der Waals surface area contributed by atoms with Crippen molar-refractivity contribution in [2.24, 2.45) is 11.8 Å². The number of carbonyl (C=O) groups excluding carboxylic acids is 1. The highest BCUT2D eigenvalue weighted by Crippen LogP contribution is 2.51. The number of para-hydroxylation sites is 1. The van der Waals surface area contributed by atoms with Crippen molar-refractivity contribution < 1.29 is 28.6 Å². The molecule has 3 aromatic carbocycles. The number of hydrogen-bond donors (Lipinski definition) is 1. The van der Waals surface area contributed by atoms with Crippen LogP contribution in [0.25, 0.3) is 11.1 Å². The number of ether oxygens (including phenoxy) is 2. The molecule has 0 bridgehead atoms. The molecule has 0 aliphatic heterocycles. The Hall–Kier alpha value is -3.67. The Bertz CT molecular complexity index is 1110. The lowest BCUT2D eigenvalue weighted by Crippen LogP contribution is -2.45. The van der Waals surface area contributed by atoms with E-state index in [2.05, 4.69) is 0 Å². The second kappa shape index (κ2) is 8.60. The van der Waals surface area contributed by atoms with Crippen molar-refractivity contribution in [2.45, 2.75) is 12.3 Å². The van der Waals surface area contributed by atoms with Gasteiger partial charge in [-0.3, -0.25) is 9.59 Å².